The van der Waals surface area contributed by atoms with Gasteiger partial charge in [0.05, 0.1) is 6.10 Å². The third kappa shape index (κ3) is 3.55. The quantitative estimate of drug-likeness (QED) is 0.887. The zero-order chi connectivity index (χ0) is 14.5. The molecular weight excluding hydrogens is 274 g/mol. The van der Waals surface area contributed by atoms with Crippen LogP contribution in [0.2, 0.25) is 0 Å². The highest BCUT2D eigenvalue weighted by atomic mass is 32.1. The summed E-state index contributed by atoms with van der Waals surface area (Å²) in [6.07, 6.45) is 1.60. The Morgan fingerprint density at radius 3 is 2.85 bits per heavy atom. The van der Waals surface area contributed by atoms with Crippen molar-refractivity contribution in [3.8, 4) is 5.88 Å². The van der Waals surface area contributed by atoms with Crippen LogP contribution in [0.3, 0.4) is 0 Å². The van der Waals surface area contributed by atoms with Crippen LogP contribution in [0.25, 0.3) is 0 Å². The Bertz CT molecular complexity index is 570. The van der Waals surface area contributed by atoms with Gasteiger partial charge in [-0.2, -0.15) is 0 Å². The van der Waals surface area contributed by atoms with E-state index in [2.05, 4.69) is 10.3 Å². The van der Waals surface area contributed by atoms with E-state index in [9.17, 15) is 4.79 Å². The molecule has 0 aliphatic carbocycles. The van der Waals surface area contributed by atoms with Crippen LogP contribution in [-0.4, -0.2) is 17.0 Å². The molecule has 1 unspecified atom stereocenters. The van der Waals surface area contributed by atoms with Crippen LogP contribution in [0.1, 0.15) is 24.8 Å². The number of ether oxygens (including phenoxy) is 1. The summed E-state index contributed by atoms with van der Waals surface area (Å²) in [5, 5.41) is 4.65. The molecule has 5 nitrogen and oxygen atoms in total. The second-order valence-corrected chi connectivity index (χ2v) is 5.48. The third-order valence-corrected chi connectivity index (χ3v) is 3.46. The molecule has 0 bridgehead atoms. The van der Waals surface area contributed by atoms with Crippen molar-refractivity contribution in [3.63, 3.8) is 0 Å². The van der Waals surface area contributed by atoms with E-state index in [-0.39, 0.29) is 12.0 Å². The zero-order valence-corrected chi connectivity index (χ0v) is 12.2. The third-order valence-electron chi connectivity index (χ3n) is 2.51. The first-order chi connectivity index (χ1) is 9.58. The number of amides is 1. The topological polar surface area (TPSA) is 77.2 Å². The number of anilines is 1. The van der Waals surface area contributed by atoms with E-state index in [1.807, 2.05) is 31.4 Å². The lowest BCUT2D eigenvalue weighted by Crippen LogP contribution is -2.27. The summed E-state index contributed by atoms with van der Waals surface area (Å²) in [4.78, 5) is 17.1. The number of carbonyl (C=O) groups excluding carboxylic acids is 1. The fraction of sp³-hybridized carbons (Fsp3) is 0.286. The number of pyridine rings is 1. The molecular formula is C14H17N3O2S. The molecule has 2 aromatic heterocycles. The number of rotatable bonds is 5. The number of hydrogen-bond donors (Lipinski definition) is 2. The van der Waals surface area contributed by atoms with E-state index in [0.29, 0.717) is 11.6 Å². The highest BCUT2D eigenvalue weighted by Crippen LogP contribution is 2.24. The van der Waals surface area contributed by atoms with Gasteiger partial charge in [-0.3, -0.25) is 4.79 Å². The fourth-order valence-electron chi connectivity index (χ4n) is 1.61. The Labute approximate surface area is 121 Å². The minimum Gasteiger partial charge on any atom is -0.473 e. The van der Waals surface area contributed by atoms with Crippen molar-refractivity contribution < 1.29 is 9.53 Å². The monoisotopic (exact) mass is 291 g/mol. The van der Waals surface area contributed by atoms with Gasteiger partial charge >= 0.3 is 0 Å². The molecule has 0 fully saturated rings. The lowest BCUT2D eigenvalue weighted by Gasteiger charge is -2.15. The average molecular weight is 291 g/mol. The summed E-state index contributed by atoms with van der Waals surface area (Å²) in [5.41, 5.74) is 6.45. The summed E-state index contributed by atoms with van der Waals surface area (Å²) in [6.45, 7) is 3.80. The Hall–Kier alpha value is -1.92. The number of nitrogens with one attached hydrogen (secondary N) is 1. The fourth-order valence-corrected chi connectivity index (χ4v) is 2.34. The Morgan fingerprint density at radius 1 is 1.40 bits per heavy atom. The highest BCUT2D eigenvalue weighted by molar-refractivity contribution is 7.10. The summed E-state index contributed by atoms with van der Waals surface area (Å²) in [6, 6.07) is 6.49. The van der Waals surface area contributed by atoms with Crippen LogP contribution in [0, 0.1) is 0 Å². The van der Waals surface area contributed by atoms with E-state index in [4.69, 9.17) is 10.5 Å². The molecule has 106 valence electrons. The molecule has 0 aliphatic heterocycles. The van der Waals surface area contributed by atoms with Gasteiger partial charge in [-0.05, 0) is 37.4 Å². The first-order valence-electron chi connectivity index (χ1n) is 6.29. The van der Waals surface area contributed by atoms with Crippen molar-refractivity contribution in [2.45, 2.75) is 26.0 Å². The number of thiophene rings is 1. The van der Waals surface area contributed by atoms with Crippen LogP contribution in [0.4, 0.5) is 5.69 Å². The summed E-state index contributed by atoms with van der Waals surface area (Å²) in [5.74, 6) is 0.114. The molecule has 0 saturated heterocycles. The van der Waals surface area contributed by atoms with Gasteiger partial charge in [0.25, 0.3) is 0 Å². The minimum atomic E-state index is -0.692. The van der Waals surface area contributed by atoms with Crippen LogP contribution in [-0.2, 0) is 4.79 Å². The average Bonchev–Trinajstić information content (AvgIpc) is 2.93. The van der Waals surface area contributed by atoms with Crippen LogP contribution in [0.5, 0.6) is 5.88 Å². The van der Waals surface area contributed by atoms with Crippen molar-refractivity contribution in [1.82, 2.24) is 4.98 Å². The Morgan fingerprint density at radius 2 is 2.20 bits per heavy atom. The zero-order valence-electron chi connectivity index (χ0n) is 11.4. The molecule has 2 rings (SSSR count). The molecule has 0 radical (unpaired) electrons. The van der Waals surface area contributed by atoms with Crippen molar-refractivity contribution in [3.05, 3.63) is 40.7 Å². The predicted molar refractivity (Wildman–Crippen MR) is 79.9 cm³/mol. The molecule has 1 atom stereocenters. The SMILES string of the molecule is CC(C)Oc1ncccc1NC(=O)C(N)c1cccs1. The lowest BCUT2D eigenvalue weighted by molar-refractivity contribution is -0.117. The standard InChI is InChI=1S/C14H17N3O2S/c1-9(2)19-14-10(5-3-7-16-14)17-13(18)12(15)11-6-4-8-20-11/h3-9,12H,15H2,1-2H3,(H,17,18). The minimum absolute atomic E-state index is 0.0217. The summed E-state index contributed by atoms with van der Waals surface area (Å²) in [7, 11) is 0. The van der Waals surface area contributed by atoms with Gasteiger partial charge in [0.2, 0.25) is 11.8 Å². The summed E-state index contributed by atoms with van der Waals surface area (Å²) >= 11 is 1.45. The van der Waals surface area contributed by atoms with Crippen molar-refractivity contribution in [2.75, 3.05) is 5.32 Å². The van der Waals surface area contributed by atoms with Gasteiger partial charge in [0, 0.05) is 11.1 Å². The lowest BCUT2D eigenvalue weighted by atomic mass is 10.2. The van der Waals surface area contributed by atoms with Gasteiger partial charge in [0.15, 0.2) is 0 Å². The molecule has 3 N–H and O–H groups in total. The molecule has 2 aromatic rings. The maximum atomic E-state index is 12.1. The van der Waals surface area contributed by atoms with E-state index in [1.165, 1.54) is 11.3 Å². The van der Waals surface area contributed by atoms with Gasteiger partial charge in [0.1, 0.15) is 11.7 Å². The van der Waals surface area contributed by atoms with E-state index < -0.39 is 6.04 Å². The predicted octanol–water partition coefficient (Wildman–Crippen LogP) is 2.57. The second-order valence-electron chi connectivity index (χ2n) is 4.51. The maximum Gasteiger partial charge on any atom is 0.246 e. The normalized spacial score (nSPS) is 12.2. The van der Waals surface area contributed by atoms with Crippen molar-refractivity contribution >= 4 is 22.9 Å². The molecule has 0 aromatic carbocycles. The first-order valence-corrected chi connectivity index (χ1v) is 7.17. The van der Waals surface area contributed by atoms with Crippen LogP contribution < -0.4 is 15.8 Å². The number of hydrogen-bond acceptors (Lipinski definition) is 5. The number of aromatic nitrogens is 1. The highest BCUT2D eigenvalue weighted by Gasteiger charge is 2.18. The summed E-state index contributed by atoms with van der Waals surface area (Å²) < 4.78 is 5.55. The molecule has 6 heteroatoms. The van der Waals surface area contributed by atoms with Gasteiger partial charge < -0.3 is 15.8 Å². The van der Waals surface area contributed by atoms with E-state index in [0.717, 1.165) is 4.88 Å². The number of carbonyl (C=O) groups is 1. The van der Waals surface area contributed by atoms with Crippen LogP contribution >= 0.6 is 11.3 Å². The Kier molecular flexibility index (Phi) is 4.70. The first kappa shape index (κ1) is 14.5. The Balaban J connectivity index is 2.11. The van der Waals surface area contributed by atoms with Gasteiger partial charge in [-0.15, -0.1) is 11.3 Å². The van der Waals surface area contributed by atoms with E-state index in [1.54, 1.807) is 18.3 Å². The maximum absolute atomic E-state index is 12.1. The van der Waals surface area contributed by atoms with Gasteiger partial charge in [-0.1, -0.05) is 6.07 Å². The smallest absolute Gasteiger partial charge is 0.246 e. The largest absolute Gasteiger partial charge is 0.473 e. The molecule has 0 spiro atoms. The molecule has 0 aliphatic rings. The number of nitrogens with zero attached hydrogens (tertiary/aromatic N) is 1. The van der Waals surface area contributed by atoms with E-state index >= 15 is 0 Å². The molecule has 1 amide bonds. The molecule has 2 heterocycles. The number of nitrogens with two attached hydrogens (primary N) is 1. The molecule has 0 saturated carbocycles. The van der Waals surface area contributed by atoms with Crippen molar-refractivity contribution in [2.24, 2.45) is 5.73 Å². The molecule has 20 heavy (non-hydrogen) atoms. The van der Waals surface area contributed by atoms with Crippen LogP contribution in [0.15, 0.2) is 35.8 Å². The second kappa shape index (κ2) is 6.49. The van der Waals surface area contributed by atoms with Crippen molar-refractivity contribution in [1.29, 1.82) is 0 Å². The van der Waals surface area contributed by atoms with Gasteiger partial charge in [-0.25, -0.2) is 4.98 Å².